The lowest BCUT2D eigenvalue weighted by atomic mass is 10.0. The van der Waals surface area contributed by atoms with E-state index in [1.165, 1.54) is 0 Å². The molecule has 0 bridgehead atoms. The minimum atomic E-state index is -1.27. The van der Waals surface area contributed by atoms with Crippen molar-refractivity contribution in [1.82, 2.24) is 25.9 Å². The standard InChI is InChI=1S/C34H36N6O6/c35-25(19-41)31(42)38-28(15-21-17-36-26-12-6-4-10-23(21)26)32(43)39-29(16-22-18-37-27-13-7-5-11-24(22)27)33(44)40-30(34(45)46)14-20-8-2-1-3-9-20/h1-13,17-18,25,28-30,36-37,41H,14-16,19,35H2,(H,38,42)(H,39,43)(H,40,44)(H,45,46). The predicted octanol–water partition coefficient (Wildman–Crippen LogP) is 1.54. The summed E-state index contributed by atoms with van der Waals surface area (Å²) in [5.41, 5.74) is 9.59. The first-order chi connectivity index (χ1) is 22.2. The summed E-state index contributed by atoms with van der Waals surface area (Å²) in [6, 6.07) is 18.9. The third-order valence-electron chi connectivity index (χ3n) is 7.89. The molecule has 3 amide bonds. The van der Waals surface area contributed by atoms with E-state index in [0.29, 0.717) is 5.56 Å². The summed E-state index contributed by atoms with van der Waals surface area (Å²) in [5, 5.41) is 29.1. The number of nitrogens with two attached hydrogens (primary N) is 1. The molecule has 3 aromatic carbocycles. The fraction of sp³-hybridized carbons (Fsp3) is 0.235. The number of fused-ring (bicyclic) bond motifs is 2. The highest BCUT2D eigenvalue weighted by Gasteiger charge is 2.31. The number of aromatic amines is 2. The molecule has 2 aromatic heterocycles. The molecule has 0 saturated carbocycles. The van der Waals surface area contributed by atoms with Crippen LogP contribution in [0.4, 0.5) is 0 Å². The van der Waals surface area contributed by atoms with E-state index in [1.807, 2.05) is 54.6 Å². The lowest BCUT2D eigenvalue weighted by molar-refractivity contribution is -0.142. The van der Waals surface area contributed by atoms with Gasteiger partial charge in [-0.3, -0.25) is 14.4 Å². The Morgan fingerprint density at radius 1 is 0.630 bits per heavy atom. The number of rotatable bonds is 14. The quantitative estimate of drug-likeness (QED) is 0.0915. The van der Waals surface area contributed by atoms with Gasteiger partial charge in [-0.15, -0.1) is 0 Å². The molecular formula is C34H36N6O6. The zero-order valence-corrected chi connectivity index (χ0v) is 24.9. The van der Waals surface area contributed by atoms with Crippen molar-refractivity contribution in [3.8, 4) is 0 Å². The van der Waals surface area contributed by atoms with Gasteiger partial charge in [0.05, 0.1) is 6.61 Å². The van der Waals surface area contributed by atoms with Crippen molar-refractivity contribution < 1.29 is 29.4 Å². The Hall–Kier alpha value is -5.46. The van der Waals surface area contributed by atoms with Gasteiger partial charge in [-0.25, -0.2) is 4.79 Å². The van der Waals surface area contributed by atoms with Crippen LogP contribution in [0.3, 0.4) is 0 Å². The molecule has 4 unspecified atom stereocenters. The summed E-state index contributed by atoms with van der Waals surface area (Å²) >= 11 is 0. The molecule has 0 radical (unpaired) electrons. The van der Waals surface area contributed by atoms with E-state index in [2.05, 4.69) is 25.9 Å². The summed E-state index contributed by atoms with van der Waals surface area (Å²) in [6.07, 6.45) is 3.59. The number of carboxylic acids is 1. The number of hydrogen-bond acceptors (Lipinski definition) is 6. The monoisotopic (exact) mass is 624 g/mol. The van der Waals surface area contributed by atoms with Crippen LogP contribution in [-0.4, -0.2) is 74.6 Å². The van der Waals surface area contributed by atoms with E-state index in [4.69, 9.17) is 5.73 Å². The van der Waals surface area contributed by atoms with Gasteiger partial charge in [-0.05, 0) is 28.8 Å². The van der Waals surface area contributed by atoms with Gasteiger partial charge < -0.3 is 41.9 Å². The molecule has 0 saturated heterocycles. The van der Waals surface area contributed by atoms with Crippen molar-refractivity contribution in [1.29, 1.82) is 0 Å². The number of H-pyrrole nitrogens is 2. The first kappa shape index (κ1) is 31.9. The van der Waals surface area contributed by atoms with Crippen molar-refractivity contribution >= 4 is 45.5 Å². The smallest absolute Gasteiger partial charge is 0.326 e. The molecule has 2 heterocycles. The number of carbonyl (C=O) groups is 4. The number of nitrogens with one attached hydrogen (secondary N) is 5. The molecule has 0 aliphatic carbocycles. The van der Waals surface area contributed by atoms with Crippen LogP contribution in [0.1, 0.15) is 16.7 Å². The molecule has 12 nitrogen and oxygen atoms in total. The number of aliphatic hydroxyl groups is 1. The molecule has 9 N–H and O–H groups in total. The fourth-order valence-corrected chi connectivity index (χ4v) is 5.42. The highest BCUT2D eigenvalue weighted by Crippen LogP contribution is 2.21. The molecule has 5 rings (SSSR count). The van der Waals surface area contributed by atoms with Crippen LogP contribution >= 0.6 is 0 Å². The Bertz CT molecular complexity index is 1830. The molecule has 46 heavy (non-hydrogen) atoms. The molecule has 5 aromatic rings. The van der Waals surface area contributed by atoms with Crippen LogP contribution in [0.25, 0.3) is 21.8 Å². The summed E-state index contributed by atoms with van der Waals surface area (Å²) in [5.74, 6) is -3.35. The average molecular weight is 625 g/mol. The maximum absolute atomic E-state index is 13.9. The number of amides is 3. The van der Waals surface area contributed by atoms with Crippen LogP contribution in [-0.2, 0) is 38.4 Å². The average Bonchev–Trinajstić information content (AvgIpc) is 3.67. The first-order valence-corrected chi connectivity index (χ1v) is 14.9. The van der Waals surface area contributed by atoms with Crippen LogP contribution in [0.5, 0.6) is 0 Å². The minimum Gasteiger partial charge on any atom is -0.480 e. The van der Waals surface area contributed by atoms with Crippen molar-refractivity contribution in [2.24, 2.45) is 5.73 Å². The highest BCUT2D eigenvalue weighted by atomic mass is 16.4. The van der Waals surface area contributed by atoms with Crippen LogP contribution in [0, 0.1) is 0 Å². The van der Waals surface area contributed by atoms with E-state index in [1.54, 1.807) is 36.7 Å². The van der Waals surface area contributed by atoms with Gasteiger partial charge in [0.2, 0.25) is 17.7 Å². The number of carboxylic acid groups (broad SMARTS) is 1. The third-order valence-corrected chi connectivity index (χ3v) is 7.89. The Morgan fingerprint density at radius 2 is 1.09 bits per heavy atom. The van der Waals surface area contributed by atoms with Crippen molar-refractivity contribution in [3.05, 3.63) is 108 Å². The van der Waals surface area contributed by atoms with Gasteiger partial charge in [0, 0.05) is 53.5 Å². The van der Waals surface area contributed by atoms with E-state index in [0.717, 1.165) is 32.9 Å². The normalized spacial score (nSPS) is 13.9. The lowest BCUT2D eigenvalue weighted by Gasteiger charge is -2.25. The van der Waals surface area contributed by atoms with Gasteiger partial charge in [-0.1, -0.05) is 66.7 Å². The SMILES string of the molecule is NC(CO)C(=O)NC(Cc1c[nH]c2ccccc12)C(=O)NC(Cc1c[nH]c2ccccc12)C(=O)NC(Cc1ccccc1)C(=O)O. The van der Waals surface area contributed by atoms with E-state index >= 15 is 0 Å². The first-order valence-electron chi connectivity index (χ1n) is 14.9. The molecule has 0 spiro atoms. The summed E-state index contributed by atoms with van der Waals surface area (Å²) in [6.45, 7) is -0.628. The predicted molar refractivity (Wildman–Crippen MR) is 173 cm³/mol. The van der Waals surface area contributed by atoms with Gasteiger partial charge in [-0.2, -0.15) is 0 Å². The van der Waals surface area contributed by atoms with E-state index < -0.39 is 54.5 Å². The third kappa shape index (κ3) is 7.60. The molecule has 0 aliphatic heterocycles. The zero-order chi connectivity index (χ0) is 32.6. The van der Waals surface area contributed by atoms with Crippen LogP contribution in [0.15, 0.2) is 91.3 Å². The number of aliphatic hydroxyl groups excluding tert-OH is 1. The largest absolute Gasteiger partial charge is 0.480 e. The Kier molecular flexibility index (Phi) is 10.1. The van der Waals surface area contributed by atoms with Crippen LogP contribution in [0.2, 0.25) is 0 Å². The van der Waals surface area contributed by atoms with E-state index in [9.17, 15) is 29.4 Å². The number of carbonyl (C=O) groups excluding carboxylic acids is 3. The van der Waals surface area contributed by atoms with E-state index in [-0.39, 0.29) is 19.3 Å². The Morgan fingerprint density at radius 3 is 1.59 bits per heavy atom. The second kappa shape index (κ2) is 14.5. The maximum atomic E-state index is 13.9. The number of benzene rings is 3. The Labute approximate surface area is 264 Å². The fourth-order valence-electron chi connectivity index (χ4n) is 5.42. The summed E-state index contributed by atoms with van der Waals surface area (Å²) in [4.78, 5) is 59.0. The van der Waals surface area contributed by atoms with Crippen molar-refractivity contribution in [3.63, 3.8) is 0 Å². The summed E-state index contributed by atoms with van der Waals surface area (Å²) < 4.78 is 0. The molecule has 0 fully saturated rings. The Balaban J connectivity index is 1.43. The van der Waals surface area contributed by atoms with Gasteiger partial charge in [0.25, 0.3) is 0 Å². The zero-order valence-electron chi connectivity index (χ0n) is 24.9. The number of aromatic nitrogens is 2. The lowest BCUT2D eigenvalue weighted by Crippen LogP contribution is -2.58. The van der Waals surface area contributed by atoms with Crippen molar-refractivity contribution in [2.45, 2.75) is 43.4 Å². The second-order valence-electron chi connectivity index (χ2n) is 11.1. The van der Waals surface area contributed by atoms with Crippen molar-refractivity contribution in [2.75, 3.05) is 6.61 Å². The molecule has 238 valence electrons. The second-order valence-corrected chi connectivity index (χ2v) is 11.1. The molecule has 4 atom stereocenters. The molecular weight excluding hydrogens is 588 g/mol. The summed E-state index contributed by atoms with van der Waals surface area (Å²) in [7, 11) is 0. The molecule has 12 heteroatoms. The minimum absolute atomic E-state index is 0.0309. The number of aliphatic carboxylic acids is 1. The van der Waals surface area contributed by atoms with Gasteiger partial charge >= 0.3 is 5.97 Å². The molecule has 0 aliphatic rings. The van der Waals surface area contributed by atoms with Crippen LogP contribution < -0.4 is 21.7 Å². The highest BCUT2D eigenvalue weighted by molar-refractivity contribution is 5.95. The maximum Gasteiger partial charge on any atom is 0.326 e. The van der Waals surface area contributed by atoms with Gasteiger partial charge in [0.1, 0.15) is 24.2 Å². The van der Waals surface area contributed by atoms with Gasteiger partial charge in [0.15, 0.2) is 0 Å². The number of hydrogen-bond donors (Lipinski definition) is 8. The topological polar surface area (TPSA) is 202 Å². The number of para-hydroxylation sites is 2.